The van der Waals surface area contributed by atoms with Crippen LogP contribution in [-0.4, -0.2) is 17.2 Å². The molecule has 0 spiro atoms. The summed E-state index contributed by atoms with van der Waals surface area (Å²) in [5.41, 5.74) is 1.62. The van der Waals surface area contributed by atoms with Gasteiger partial charge in [0.25, 0.3) is 0 Å². The lowest BCUT2D eigenvalue weighted by atomic mass is 10.1. The number of aliphatic hydroxyl groups excluding tert-OH is 1. The maximum absolute atomic E-state index is 9.32. The molecule has 0 aliphatic carbocycles. The maximum atomic E-state index is 9.32. The van der Waals surface area contributed by atoms with E-state index in [0.717, 1.165) is 30.3 Å². The van der Waals surface area contributed by atoms with Crippen LogP contribution in [0, 0.1) is 0 Å². The predicted octanol–water partition coefficient (Wildman–Crippen LogP) is 3.84. The van der Waals surface area contributed by atoms with Crippen LogP contribution in [0.5, 0.6) is 5.75 Å². The molecule has 90 valence electrons. The summed E-state index contributed by atoms with van der Waals surface area (Å²) in [4.78, 5) is 5.19. The molecule has 0 aliphatic heterocycles. The summed E-state index contributed by atoms with van der Waals surface area (Å²) in [7, 11) is 1.62. The summed E-state index contributed by atoms with van der Waals surface area (Å²) in [6.45, 7) is -0.0335. The van der Waals surface area contributed by atoms with E-state index in [4.69, 9.17) is 4.74 Å². The molecule has 0 fully saturated rings. The fourth-order valence-electron chi connectivity index (χ4n) is 1.51. The molecule has 0 bridgehead atoms. The van der Waals surface area contributed by atoms with Crippen LogP contribution in [0.1, 0.15) is 4.88 Å². The van der Waals surface area contributed by atoms with Gasteiger partial charge in [-0.25, -0.2) is 4.98 Å². The molecule has 0 saturated carbocycles. The van der Waals surface area contributed by atoms with Crippen LogP contribution < -0.4 is 4.74 Å². The second-order valence-electron chi connectivity index (χ2n) is 3.24. The number of nitrogens with zero attached hydrogens (tertiary/aromatic N) is 1. The summed E-state index contributed by atoms with van der Waals surface area (Å²) >= 11 is 8.17. The maximum Gasteiger partial charge on any atom is 0.160 e. The average molecular weight is 379 g/mol. The van der Waals surface area contributed by atoms with Crippen LogP contribution in [0.25, 0.3) is 11.3 Å². The van der Waals surface area contributed by atoms with Crippen LogP contribution in [0.15, 0.2) is 26.6 Å². The van der Waals surface area contributed by atoms with Gasteiger partial charge in [-0.2, -0.15) is 0 Å². The van der Waals surface area contributed by atoms with Gasteiger partial charge in [0.15, 0.2) is 3.92 Å². The van der Waals surface area contributed by atoms with E-state index in [1.54, 1.807) is 7.11 Å². The monoisotopic (exact) mass is 377 g/mol. The van der Waals surface area contributed by atoms with Gasteiger partial charge in [0.1, 0.15) is 5.75 Å². The van der Waals surface area contributed by atoms with E-state index in [1.807, 2.05) is 18.2 Å². The van der Waals surface area contributed by atoms with E-state index in [2.05, 4.69) is 36.8 Å². The van der Waals surface area contributed by atoms with E-state index in [0.29, 0.717) is 0 Å². The molecule has 0 atom stereocenters. The van der Waals surface area contributed by atoms with Gasteiger partial charge in [-0.15, -0.1) is 11.3 Å². The minimum Gasteiger partial charge on any atom is -0.496 e. The highest BCUT2D eigenvalue weighted by Gasteiger charge is 2.15. The zero-order chi connectivity index (χ0) is 12.4. The molecule has 1 aromatic heterocycles. The lowest BCUT2D eigenvalue weighted by Gasteiger charge is -2.08. The Labute approximate surface area is 120 Å². The predicted molar refractivity (Wildman–Crippen MR) is 75.4 cm³/mol. The van der Waals surface area contributed by atoms with Crippen molar-refractivity contribution in [3.05, 3.63) is 31.5 Å². The molecule has 0 unspecified atom stereocenters. The molecular formula is C11H9Br2NO2S. The molecule has 0 radical (unpaired) electrons. The Morgan fingerprint density at radius 3 is 2.82 bits per heavy atom. The summed E-state index contributed by atoms with van der Waals surface area (Å²) in [5, 5.41) is 9.32. The Kier molecular flexibility index (Phi) is 4.19. The molecule has 0 aliphatic rings. The Morgan fingerprint density at radius 2 is 2.18 bits per heavy atom. The van der Waals surface area contributed by atoms with Crippen LogP contribution in [0.2, 0.25) is 0 Å². The highest BCUT2D eigenvalue weighted by Crippen LogP contribution is 2.37. The van der Waals surface area contributed by atoms with Crippen molar-refractivity contribution in [3.8, 4) is 17.0 Å². The summed E-state index contributed by atoms with van der Waals surface area (Å²) in [6, 6.07) is 5.70. The van der Waals surface area contributed by atoms with E-state index in [9.17, 15) is 5.11 Å². The number of benzene rings is 1. The Hall–Kier alpha value is -0.430. The first kappa shape index (κ1) is 13.0. The number of halogens is 2. The summed E-state index contributed by atoms with van der Waals surface area (Å²) in [6.07, 6.45) is 0. The molecule has 1 aromatic carbocycles. The summed E-state index contributed by atoms with van der Waals surface area (Å²) in [5.74, 6) is 0.737. The third-order valence-electron chi connectivity index (χ3n) is 2.23. The van der Waals surface area contributed by atoms with E-state index in [-0.39, 0.29) is 6.61 Å². The highest BCUT2D eigenvalue weighted by molar-refractivity contribution is 9.11. The molecule has 3 nitrogen and oxygen atoms in total. The highest BCUT2D eigenvalue weighted by atomic mass is 79.9. The largest absolute Gasteiger partial charge is 0.496 e. The van der Waals surface area contributed by atoms with Gasteiger partial charge in [0.2, 0.25) is 0 Å². The first-order chi connectivity index (χ1) is 8.15. The smallest absolute Gasteiger partial charge is 0.160 e. The first-order valence-electron chi connectivity index (χ1n) is 4.75. The number of hydrogen-bond acceptors (Lipinski definition) is 4. The van der Waals surface area contributed by atoms with Crippen molar-refractivity contribution in [2.45, 2.75) is 6.61 Å². The standard InChI is InChI=1S/C11H9Br2NO2S/c1-16-8-3-2-6(12)4-7(8)10-9(5-15)17-11(13)14-10/h2-4,15H,5H2,1H3. The topological polar surface area (TPSA) is 42.4 Å². The molecule has 6 heteroatoms. The van der Waals surface area contributed by atoms with Crippen molar-refractivity contribution in [1.29, 1.82) is 0 Å². The van der Waals surface area contributed by atoms with E-state index < -0.39 is 0 Å². The number of aliphatic hydroxyl groups is 1. The molecule has 0 saturated heterocycles. The first-order valence-corrected chi connectivity index (χ1v) is 7.16. The molecule has 0 amide bonds. The van der Waals surface area contributed by atoms with E-state index in [1.165, 1.54) is 11.3 Å². The van der Waals surface area contributed by atoms with Crippen molar-refractivity contribution in [2.24, 2.45) is 0 Å². The number of hydrogen-bond donors (Lipinski definition) is 1. The normalized spacial score (nSPS) is 10.6. The lowest BCUT2D eigenvalue weighted by Crippen LogP contribution is -1.91. The second-order valence-corrected chi connectivity index (χ2v) is 6.52. The number of rotatable bonds is 3. The van der Waals surface area contributed by atoms with Gasteiger partial charge in [0.05, 0.1) is 24.3 Å². The number of methoxy groups -OCH3 is 1. The molecule has 17 heavy (non-hydrogen) atoms. The third kappa shape index (κ3) is 2.70. The van der Waals surface area contributed by atoms with E-state index >= 15 is 0 Å². The molecule has 1 heterocycles. The van der Waals surface area contributed by atoms with Gasteiger partial charge >= 0.3 is 0 Å². The van der Waals surface area contributed by atoms with Gasteiger partial charge in [-0.05, 0) is 34.1 Å². The summed E-state index contributed by atoms with van der Waals surface area (Å²) < 4.78 is 7.00. The van der Waals surface area contributed by atoms with Gasteiger partial charge < -0.3 is 9.84 Å². The lowest BCUT2D eigenvalue weighted by molar-refractivity contribution is 0.286. The average Bonchev–Trinajstić information content (AvgIpc) is 2.70. The zero-order valence-corrected chi connectivity index (χ0v) is 12.9. The van der Waals surface area contributed by atoms with Crippen LogP contribution in [-0.2, 0) is 6.61 Å². The van der Waals surface area contributed by atoms with Crippen LogP contribution in [0.4, 0.5) is 0 Å². The zero-order valence-electron chi connectivity index (χ0n) is 8.91. The van der Waals surface area contributed by atoms with Crippen molar-refractivity contribution >= 4 is 43.2 Å². The molecular weight excluding hydrogens is 370 g/mol. The molecule has 1 N–H and O–H groups in total. The fraction of sp³-hybridized carbons (Fsp3) is 0.182. The van der Waals surface area contributed by atoms with Crippen molar-refractivity contribution in [3.63, 3.8) is 0 Å². The van der Waals surface area contributed by atoms with Gasteiger partial charge in [-0.1, -0.05) is 15.9 Å². The SMILES string of the molecule is COc1ccc(Br)cc1-c1nc(Br)sc1CO. The van der Waals surface area contributed by atoms with Crippen molar-refractivity contribution in [2.75, 3.05) is 7.11 Å². The molecule has 2 aromatic rings. The number of thiazole rings is 1. The van der Waals surface area contributed by atoms with Crippen molar-refractivity contribution < 1.29 is 9.84 Å². The van der Waals surface area contributed by atoms with Crippen LogP contribution >= 0.6 is 43.2 Å². The fourth-order valence-corrected chi connectivity index (χ4v) is 3.29. The quantitative estimate of drug-likeness (QED) is 0.882. The van der Waals surface area contributed by atoms with Gasteiger partial charge in [0, 0.05) is 10.0 Å². The Bertz CT molecular complexity index is 542. The van der Waals surface area contributed by atoms with Crippen molar-refractivity contribution in [1.82, 2.24) is 4.98 Å². The van der Waals surface area contributed by atoms with Gasteiger partial charge in [-0.3, -0.25) is 0 Å². The molecule has 2 rings (SSSR count). The third-order valence-corrected chi connectivity index (χ3v) is 4.22. The Balaban J connectivity index is 2.61. The minimum atomic E-state index is -0.0335. The second kappa shape index (κ2) is 5.48. The Morgan fingerprint density at radius 1 is 1.41 bits per heavy atom. The van der Waals surface area contributed by atoms with Crippen LogP contribution in [0.3, 0.4) is 0 Å². The minimum absolute atomic E-state index is 0.0335. The number of aromatic nitrogens is 1. The number of ether oxygens (including phenoxy) is 1.